The van der Waals surface area contributed by atoms with Crippen LogP contribution in [0.1, 0.15) is 16.8 Å². The van der Waals surface area contributed by atoms with Crippen LogP contribution in [0.5, 0.6) is 0 Å². The predicted molar refractivity (Wildman–Crippen MR) is 105 cm³/mol. The Labute approximate surface area is 168 Å². The summed E-state index contributed by atoms with van der Waals surface area (Å²) in [6.45, 7) is 3.06. The van der Waals surface area contributed by atoms with Gasteiger partial charge in [-0.15, -0.1) is 0 Å². The van der Waals surface area contributed by atoms with Gasteiger partial charge in [0, 0.05) is 19.3 Å². The lowest BCUT2D eigenvalue weighted by Crippen LogP contribution is -2.37. The van der Waals surface area contributed by atoms with Crippen molar-refractivity contribution in [2.24, 2.45) is 0 Å². The van der Waals surface area contributed by atoms with E-state index in [0.29, 0.717) is 24.2 Å². The lowest BCUT2D eigenvalue weighted by molar-refractivity contribution is -0.131. The maximum absolute atomic E-state index is 13.6. The number of halogens is 1. The van der Waals surface area contributed by atoms with E-state index in [-0.39, 0.29) is 31.1 Å². The summed E-state index contributed by atoms with van der Waals surface area (Å²) >= 11 is 0. The fourth-order valence-corrected chi connectivity index (χ4v) is 2.22. The van der Waals surface area contributed by atoms with Gasteiger partial charge < -0.3 is 25.0 Å². The molecule has 0 saturated heterocycles. The van der Waals surface area contributed by atoms with Crippen LogP contribution in [-0.4, -0.2) is 76.0 Å². The van der Waals surface area contributed by atoms with Crippen LogP contribution in [0.3, 0.4) is 0 Å². The number of hydrogen-bond acceptors (Lipinski definition) is 5. The van der Waals surface area contributed by atoms with Crippen LogP contribution in [0.2, 0.25) is 0 Å². The number of amides is 1. The highest BCUT2D eigenvalue weighted by atomic mass is 19.1. The Morgan fingerprint density at radius 1 is 1.21 bits per heavy atom. The van der Waals surface area contributed by atoms with Crippen LogP contribution in [0.15, 0.2) is 30.7 Å². The van der Waals surface area contributed by atoms with Crippen molar-refractivity contribution < 1.29 is 29.0 Å². The molecule has 2 aromatic rings. The number of nitrogens with zero attached hydrogens (tertiary/aromatic N) is 3. The molecule has 1 heterocycles. The number of carbonyl (C=O) groups excluding carboxylic acids is 1. The van der Waals surface area contributed by atoms with Gasteiger partial charge in [-0.2, -0.15) is 0 Å². The molecular weight excluding hydrogens is 383 g/mol. The van der Waals surface area contributed by atoms with Crippen molar-refractivity contribution in [3.8, 4) is 0 Å². The zero-order valence-electron chi connectivity index (χ0n) is 16.7. The molecule has 9 nitrogen and oxygen atoms in total. The van der Waals surface area contributed by atoms with Crippen LogP contribution in [0.4, 0.5) is 4.39 Å². The predicted octanol–water partition coefficient (Wildman–Crippen LogP) is 1.39. The lowest BCUT2D eigenvalue weighted by Gasteiger charge is -2.24. The second-order valence-electron chi connectivity index (χ2n) is 6.17. The van der Waals surface area contributed by atoms with Gasteiger partial charge in [-0.05, 0) is 38.2 Å². The fourth-order valence-electron chi connectivity index (χ4n) is 2.22. The standard InChI is InChI=1S/C17H23FN4O.2CH2O2/c1-13-4-5-14(8-16(13)18)9-17(23)22(7-6-21(2)3)11-15-10-19-12-20-15;2*2-1-3/h4-5,8,10,12H,6-7,9,11H2,1-3H3,(H,19,20);2*1H,(H,2,3). The van der Waals surface area contributed by atoms with Crippen molar-refractivity contribution in [2.75, 3.05) is 27.2 Å². The Morgan fingerprint density at radius 2 is 1.83 bits per heavy atom. The Balaban J connectivity index is 0.00000116. The van der Waals surface area contributed by atoms with Crippen molar-refractivity contribution >= 4 is 18.9 Å². The molecule has 0 aliphatic heterocycles. The molecule has 0 spiro atoms. The van der Waals surface area contributed by atoms with Gasteiger partial charge in [0.2, 0.25) is 5.91 Å². The number of aromatic nitrogens is 2. The topological polar surface area (TPSA) is 127 Å². The third-order valence-corrected chi connectivity index (χ3v) is 3.68. The number of carbonyl (C=O) groups is 3. The number of imidazole rings is 1. The molecule has 0 atom stereocenters. The minimum Gasteiger partial charge on any atom is -0.483 e. The maximum Gasteiger partial charge on any atom is 0.290 e. The summed E-state index contributed by atoms with van der Waals surface area (Å²) in [5, 5.41) is 13.8. The molecule has 0 unspecified atom stereocenters. The first-order chi connectivity index (χ1) is 13.8. The van der Waals surface area contributed by atoms with Gasteiger partial charge in [-0.3, -0.25) is 14.4 Å². The van der Waals surface area contributed by atoms with E-state index in [4.69, 9.17) is 19.8 Å². The summed E-state index contributed by atoms with van der Waals surface area (Å²) < 4.78 is 13.6. The van der Waals surface area contributed by atoms with Crippen molar-refractivity contribution in [3.05, 3.63) is 53.4 Å². The molecule has 29 heavy (non-hydrogen) atoms. The summed E-state index contributed by atoms with van der Waals surface area (Å²) in [5.41, 5.74) is 2.16. The molecule has 0 aliphatic carbocycles. The van der Waals surface area contributed by atoms with Gasteiger partial charge >= 0.3 is 0 Å². The Kier molecular flexibility index (Phi) is 13.1. The number of likely N-dealkylation sites (N-methyl/N-ethyl adjacent to an activating group) is 1. The van der Waals surface area contributed by atoms with Gasteiger partial charge in [0.15, 0.2) is 0 Å². The van der Waals surface area contributed by atoms with Crippen molar-refractivity contribution in [1.82, 2.24) is 19.8 Å². The highest BCUT2D eigenvalue weighted by Crippen LogP contribution is 2.12. The summed E-state index contributed by atoms with van der Waals surface area (Å²) in [6, 6.07) is 4.95. The Bertz CT molecular complexity index is 732. The second kappa shape index (κ2) is 14.7. The largest absolute Gasteiger partial charge is 0.483 e. The SMILES string of the molecule is Cc1ccc(CC(=O)N(CCN(C)C)Cc2cnc[nH]2)cc1F.O=CO.O=CO. The van der Waals surface area contributed by atoms with E-state index in [2.05, 4.69) is 9.97 Å². The third kappa shape index (κ3) is 11.2. The van der Waals surface area contributed by atoms with E-state index in [9.17, 15) is 9.18 Å². The number of aryl methyl sites for hydroxylation is 1. The Hall–Kier alpha value is -3.27. The van der Waals surface area contributed by atoms with Crippen LogP contribution in [0.25, 0.3) is 0 Å². The smallest absolute Gasteiger partial charge is 0.290 e. The van der Waals surface area contributed by atoms with Gasteiger partial charge in [-0.25, -0.2) is 9.37 Å². The number of rotatable bonds is 7. The number of benzene rings is 1. The van der Waals surface area contributed by atoms with Crippen LogP contribution >= 0.6 is 0 Å². The van der Waals surface area contributed by atoms with E-state index in [1.807, 2.05) is 19.0 Å². The van der Waals surface area contributed by atoms with E-state index >= 15 is 0 Å². The molecule has 0 saturated carbocycles. The van der Waals surface area contributed by atoms with Crippen molar-refractivity contribution in [3.63, 3.8) is 0 Å². The summed E-state index contributed by atoms with van der Waals surface area (Å²) in [7, 11) is 3.93. The van der Waals surface area contributed by atoms with E-state index in [1.54, 1.807) is 36.5 Å². The summed E-state index contributed by atoms with van der Waals surface area (Å²) in [5.74, 6) is -0.298. The normalized spacial score (nSPS) is 9.55. The monoisotopic (exact) mass is 410 g/mol. The minimum absolute atomic E-state index is 0.0234. The maximum atomic E-state index is 13.6. The zero-order valence-corrected chi connectivity index (χ0v) is 16.7. The van der Waals surface area contributed by atoms with Gasteiger partial charge in [0.25, 0.3) is 12.9 Å². The number of aromatic amines is 1. The molecule has 0 bridgehead atoms. The summed E-state index contributed by atoms with van der Waals surface area (Å²) in [6.07, 6.45) is 3.50. The quantitative estimate of drug-likeness (QED) is 0.589. The Morgan fingerprint density at radius 3 is 2.31 bits per heavy atom. The van der Waals surface area contributed by atoms with E-state index < -0.39 is 0 Å². The first kappa shape index (κ1) is 25.7. The molecule has 0 fully saturated rings. The van der Waals surface area contributed by atoms with Crippen LogP contribution in [-0.2, 0) is 27.3 Å². The molecule has 0 radical (unpaired) electrons. The number of H-pyrrole nitrogens is 1. The van der Waals surface area contributed by atoms with Crippen molar-refractivity contribution in [2.45, 2.75) is 19.9 Å². The first-order valence-corrected chi connectivity index (χ1v) is 8.59. The molecule has 160 valence electrons. The zero-order chi connectivity index (χ0) is 22.2. The van der Waals surface area contributed by atoms with E-state index in [0.717, 1.165) is 12.2 Å². The minimum atomic E-state index is -0.274. The molecule has 1 aromatic heterocycles. The molecule has 3 N–H and O–H groups in total. The summed E-state index contributed by atoms with van der Waals surface area (Å²) in [4.78, 5) is 40.1. The van der Waals surface area contributed by atoms with Crippen molar-refractivity contribution in [1.29, 1.82) is 0 Å². The molecular formula is C19H27FN4O5. The van der Waals surface area contributed by atoms with Gasteiger partial charge in [0.05, 0.1) is 25.0 Å². The number of carboxylic acid groups (broad SMARTS) is 2. The van der Waals surface area contributed by atoms with Gasteiger partial charge in [-0.1, -0.05) is 12.1 Å². The number of nitrogens with one attached hydrogen (secondary N) is 1. The molecule has 10 heteroatoms. The van der Waals surface area contributed by atoms with Crippen LogP contribution in [0, 0.1) is 12.7 Å². The fraction of sp³-hybridized carbons (Fsp3) is 0.368. The average Bonchev–Trinajstić information content (AvgIpc) is 3.16. The lowest BCUT2D eigenvalue weighted by atomic mass is 10.1. The molecule has 2 rings (SSSR count). The molecule has 1 amide bonds. The highest BCUT2D eigenvalue weighted by molar-refractivity contribution is 5.78. The first-order valence-electron chi connectivity index (χ1n) is 8.59. The van der Waals surface area contributed by atoms with Crippen LogP contribution < -0.4 is 0 Å². The number of hydrogen-bond donors (Lipinski definition) is 3. The molecule has 0 aliphatic rings. The van der Waals surface area contributed by atoms with E-state index in [1.165, 1.54) is 6.07 Å². The van der Waals surface area contributed by atoms with Gasteiger partial charge in [0.1, 0.15) is 5.82 Å². The third-order valence-electron chi connectivity index (χ3n) is 3.68. The highest BCUT2D eigenvalue weighted by Gasteiger charge is 2.16. The second-order valence-corrected chi connectivity index (χ2v) is 6.17. The molecule has 1 aromatic carbocycles. The average molecular weight is 410 g/mol.